The number of rotatable bonds is 4. The second kappa shape index (κ2) is 6.95. The van der Waals surface area contributed by atoms with Crippen molar-refractivity contribution in [2.45, 2.75) is 58.3 Å². The van der Waals surface area contributed by atoms with Crippen molar-refractivity contribution in [3.63, 3.8) is 0 Å². The minimum Gasteiger partial charge on any atom is -0.377 e. The van der Waals surface area contributed by atoms with E-state index in [1.165, 1.54) is 19.3 Å². The van der Waals surface area contributed by atoms with E-state index in [0.717, 1.165) is 25.6 Å². The number of hydrogen-bond donors (Lipinski definition) is 1. The molecule has 2 aliphatic rings. The first-order valence-electron chi connectivity index (χ1n) is 8.38. The Hall–Kier alpha value is -0.160. The number of nitrogens with two attached hydrogens (primary N) is 1. The Morgan fingerprint density at radius 1 is 1.05 bits per heavy atom. The molecule has 2 N–H and O–H groups in total. The largest absolute Gasteiger partial charge is 0.377 e. The third-order valence-corrected chi connectivity index (χ3v) is 5.66. The third kappa shape index (κ3) is 4.19. The SMILES string of the molecule is COC1CN(CC2CC(C(C)(C)C)CCC2N)CC1OC. The lowest BCUT2D eigenvalue weighted by Crippen LogP contribution is -2.45. The fourth-order valence-electron chi connectivity index (χ4n) is 4.04. The molecular formula is C17H34N2O2. The minimum atomic E-state index is 0.202. The van der Waals surface area contributed by atoms with Gasteiger partial charge >= 0.3 is 0 Å². The molecule has 1 aliphatic heterocycles. The van der Waals surface area contributed by atoms with E-state index in [2.05, 4.69) is 25.7 Å². The van der Waals surface area contributed by atoms with E-state index < -0.39 is 0 Å². The summed E-state index contributed by atoms with van der Waals surface area (Å²) in [5.74, 6) is 1.40. The van der Waals surface area contributed by atoms with Gasteiger partial charge < -0.3 is 15.2 Å². The van der Waals surface area contributed by atoms with Crippen LogP contribution in [0.4, 0.5) is 0 Å². The van der Waals surface area contributed by atoms with E-state index in [0.29, 0.717) is 17.4 Å². The fraction of sp³-hybridized carbons (Fsp3) is 1.00. The first-order chi connectivity index (χ1) is 9.85. The molecule has 2 fully saturated rings. The van der Waals surface area contributed by atoms with Crippen molar-refractivity contribution < 1.29 is 9.47 Å². The van der Waals surface area contributed by atoms with Crippen molar-refractivity contribution in [1.82, 2.24) is 4.90 Å². The molecule has 21 heavy (non-hydrogen) atoms. The highest BCUT2D eigenvalue weighted by molar-refractivity contribution is 4.92. The summed E-state index contributed by atoms with van der Waals surface area (Å²) in [6.07, 6.45) is 4.11. The quantitative estimate of drug-likeness (QED) is 0.863. The summed E-state index contributed by atoms with van der Waals surface area (Å²) in [6.45, 7) is 10.1. The predicted molar refractivity (Wildman–Crippen MR) is 86.3 cm³/mol. The highest BCUT2D eigenvalue weighted by atomic mass is 16.5. The third-order valence-electron chi connectivity index (χ3n) is 5.66. The van der Waals surface area contributed by atoms with E-state index in [4.69, 9.17) is 15.2 Å². The molecule has 5 atom stereocenters. The molecule has 4 heteroatoms. The average molecular weight is 298 g/mol. The lowest BCUT2D eigenvalue weighted by molar-refractivity contribution is -0.00461. The molecule has 1 saturated heterocycles. The molecule has 124 valence electrons. The molecule has 0 amide bonds. The van der Waals surface area contributed by atoms with Crippen LogP contribution in [0.5, 0.6) is 0 Å². The summed E-state index contributed by atoms with van der Waals surface area (Å²) in [7, 11) is 3.56. The molecule has 1 saturated carbocycles. The molecule has 0 aromatic heterocycles. The lowest BCUT2D eigenvalue weighted by Gasteiger charge is -2.41. The Balaban J connectivity index is 1.92. The number of methoxy groups -OCH3 is 2. The summed E-state index contributed by atoms with van der Waals surface area (Å²) >= 11 is 0. The number of ether oxygens (including phenoxy) is 2. The first-order valence-corrected chi connectivity index (χ1v) is 8.38. The van der Waals surface area contributed by atoms with Crippen molar-refractivity contribution in [3.8, 4) is 0 Å². The smallest absolute Gasteiger partial charge is 0.0971 e. The number of hydrogen-bond acceptors (Lipinski definition) is 4. The zero-order valence-electron chi connectivity index (χ0n) is 14.5. The van der Waals surface area contributed by atoms with E-state index in [-0.39, 0.29) is 12.2 Å². The van der Waals surface area contributed by atoms with Crippen LogP contribution in [0.1, 0.15) is 40.0 Å². The van der Waals surface area contributed by atoms with Crippen LogP contribution < -0.4 is 5.73 Å². The van der Waals surface area contributed by atoms with Crippen LogP contribution >= 0.6 is 0 Å². The van der Waals surface area contributed by atoms with Gasteiger partial charge in [-0.3, -0.25) is 4.90 Å². The monoisotopic (exact) mass is 298 g/mol. The summed E-state index contributed by atoms with van der Waals surface area (Å²) < 4.78 is 11.1. The second-order valence-corrected chi connectivity index (χ2v) is 8.07. The average Bonchev–Trinajstić information content (AvgIpc) is 2.82. The van der Waals surface area contributed by atoms with Gasteiger partial charge in [0, 0.05) is 39.9 Å². The molecule has 0 bridgehead atoms. The Labute approximate surface area is 130 Å². The Bertz CT molecular complexity index is 317. The topological polar surface area (TPSA) is 47.7 Å². The second-order valence-electron chi connectivity index (χ2n) is 8.07. The summed E-state index contributed by atoms with van der Waals surface area (Å²) in [5.41, 5.74) is 6.80. The Morgan fingerprint density at radius 3 is 2.10 bits per heavy atom. The molecule has 5 unspecified atom stereocenters. The van der Waals surface area contributed by atoms with Gasteiger partial charge in [-0.25, -0.2) is 0 Å². The molecule has 0 spiro atoms. The molecular weight excluding hydrogens is 264 g/mol. The highest BCUT2D eigenvalue weighted by Crippen LogP contribution is 2.40. The molecule has 0 aromatic carbocycles. The van der Waals surface area contributed by atoms with Crippen molar-refractivity contribution >= 4 is 0 Å². The maximum Gasteiger partial charge on any atom is 0.0971 e. The van der Waals surface area contributed by atoms with Gasteiger partial charge in [0.2, 0.25) is 0 Å². The summed E-state index contributed by atoms with van der Waals surface area (Å²) in [4.78, 5) is 2.48. The number of nitrogens with zero attached hydrogens (tertiary/aromatic N) is 1. The van der Waals surface area contributed by atoms with E-state index in [1.54, 1.807) is 14.2 Å². The van der Waals surface area contributed by atoms with Crippen LogP contribution in [-0.2, 0) is 9.47 Å². The van der Waals surface area contributed by atoms with Gasteiger partial charge in [-0.1, -0.05) is 20.8 Å². The van der Waals surface area contributed by atoms with Crippen LogP contribution in [0.2, 0.25) is 0 Å². The molecule has 2 rings (SSSR count). The molecule has 1 heterocycles. The Morgan fingerprint density at radius 2 is 1.62 bits per heavy atom. The fourth-order valence-corrected chi connectivity index (χ4v) is 4.04. The molecule has 4 nitrogen and oxygen atoms in total. The standard InChI is InChI=1S/C17H34N2O2/c1-17(2,3)13-6-7-14(18)12(8-13)9-19-10-15(20-4)16(11-19)21-5/h12-16H,6-11,18H2,1-5H3. The maximum atomic E-state index is 6.41. The Kier molecular flexibility index (Phi) is 5.69. The van der Waals surface area contributed by atoms with Crippen LogP contribution in [0.25, 0.3) is 0 Å². The van der Waals surface area contributed by atoms with Gasteiger partial charge in [0.15, 0.2) is 0 Å². The van der Waals surface area contributed by atoms with Crippen LogP contribution in [0.15, 0.2) is 0 Å². The van der Waals surface area contributed by atoms with Crippen LogP contribution in [0, 0.1) is 17.3 Å². The van der Waals surface area contributed by atoms with Gasteiger partial charge in [-0.15, -0.1) is 0 Å². The molecule has 0 radical (unpaired) electrons. The van der Waals surface area contributed by atoms with Crippen molar-refractivity contribution in [1.29, 1.82) is 0 Å². The summed E-state index contributed by atoms with van der Waals surface area (Å²) in [6, 6.07) is 0.353. The molecule has 1 aliphatic carbocycles. The summed E-state index contributed by atoms with van der Waals surface area (Å²) in [5, 5.41) is 0. The molecule has 0 aromatic rings. The maximum absolute atomic E-state index is 6.41. The van der Waals surface area contributed by atoms with E-state index in [9.17, 15) is 0 Å². The van der Waals surface area contributed by atoms with Gasteiger partial charge in [0.25, 0.3) is 0 Å². The van der Waals surface area contributed by atoms with E-state index in [1.807, 2.05) is 0 Å². The van der Waals surface area contributed by atoms with Gasteiger partial charge in [0.05, 0.1) is 12.2 Å². The first kappa shape index (κ1) is 17.2. The van der Waals surface area contributed by atoms with Crippen LogP contribution in [-0.4, -0.2) is 57.0 Å². The predicted octanol–water partition coefficient (Wildman–Crippen LogP) is 2.12. The van der Waals surface area contributed by atoms with Gasteiger partial charge in [-0.05, 0) is 36.5 Å². The van der Waals surface area contributed by atoms with Crippen LogP contribution in [0.3, 0.4) is 0 Å². The van der Waals surface area contributed by atoms with Crippen molar-refractivity contribution in [3.05, 3.63) is 0 Å². The zero-order valence-corrected chi connectivity index (χ0v) is 14.5. The number of likely N-dealkylation sites (tertiary alicyclic amines) is 1. The van der Waals surface area contributed by atoms with Gasteiger partial charge in [0.1, 0.15) is 0 Å². The zero-order chi connectivity index (χ0) is 15.6. The van der Waals surface area contributed by atoms with Crippen molar-refractivity contribution in [2.75, 3.05) is 33.9 Å². The highest BCUT2D eigenvalue weighted by Gasteiger charge is 2.38. The minimum absolute atomic E-state index is 0.202. The van der Waals surface area contributed by atoms with Crippen molar-refractivity contribution in [2.24, 2.45) is 23.0 Å². The lowest BCUT2D eigenvalue weighted by atomic mass is 9.67. The van der Waals surface area contributed by atoms with E-state index >= 15 is 0 Å². The normalized spacial score (nSPS) is 38.9. The van der Waals surface area contributed by atoms with Gasteiger partial charge in [-0.2, -0.15) is 0 Å².